The molecule has 1 aromatic heterocycles. The molecule has 0 unspecified atom stereocenters. The van der Waals surface area contributed by atoms with E-state index in [0.29, 0.717) is 5.69 Å². The highest BCUT2D eigenvalue weighted by molar-refractivity contribution is 5.86. The van der Waals surface area contributed by atoms with Crippen LogP contribution in [0.2, 0.25) is 0 Å². The molecule has 1 heterocycles. The van der Waals surface area contributed by atoms with Gasteiger partial charge in [-0.15, -0.1) is 0 Å². The molecular weight excluding hydrogens is 258 g/mol. The first-order valence-electron chi connectivity index (χ1n) is 6.11. The zero-order valence-electron chi connectivity index (χ0n) is 11.7. The SMILES string of the molecule is COc1cc(CN(C)C)cc(-c2cc(C(=O)O)[nH]n2)c1. The van der Waals surface area contributed by atoms with Crippen molar-refractivity contribution in [3.8, 4) is 17.0 Å². The number of aromatic nitrogens is 2. The van der Waals surface area contributed by atoms with Gasteiger partial charge in [0, 0.05) is 12.1 Å². The summed E-state index contributed by atoms with van der Waals surface area (Å²) < 4.78 is 5.28. The van der Waals surface area contributed by atoms with Gasteiger partial charge in [-0.1, -0.05) is 0 Å². The first kappa shape index (κ1) is 14.1. The van der Waals surface area contributed by atoms with Crippen LogP contribution in [0.15, 0.2) is 24.3 Å². The van der Waals surface area contributed by atoms with Crippen molar-refractivity contribution in [2.75, 3.05) is 21.2 Å². The predicted octanol–water partition coefficient (Wildman–Crippen LogP) is 1.85. The zero-order valence-corrected chi connectivity index (χ0v) is 11.7. The summed E-state index contributed by atoms with van der Waals surface area (Å²) in [5, 5.41) is 15.4. The third-order valence-electron chi connectivity index (χ3n) is 2.80. The summed E-state index contributed by atoms with van der Waals surface area (Å²) in [6, 6.07) is 7.27. The van der Waals surface area contributed by atoms with Gasteiger partial charge < -0.3 is 14.7 Å². The van der Waals surface area contributed by atoms with E-state index >= 15 is 0 Å². The molecular formula is C14H17N3O3. The quantitative estimate of drug-likeness (QED) is 0.870. The Morgan fingerprint density at radius 3 is 2.65 bits per heavy atom. The predicted molar refractivity (Wildman–Crippen MR) is 74.9 cm³/mol. The highest BCUT2D eigenvalue weighted by Crippen LogP contribution is 2.25. The van der Waals surface area contributed by atoms with Gasteiger partial charge in [0.05, 0.1) is 12.8 Å². The van der Waals surface area contributed by atoms with Gasteiger partial charge in [-0.3, -0.25) is 5.10 Å². The van der Waals surface area contributed by atoms with Gasteiger partial charge in [-0.05, 0) is 43.9 Å². The summed E-state index contributed by atoms with van der Waals surface area (Å²) in [6.07, 6.45) is 0. The topological polar surface area (TPSA) is 78.5 Å². The number of rotatable bonds is 5. The number of benzene rings is 1. The number of hydrogen-bond acceptors (Lipinski definition) is 4. The molecule has 0 fully saturated rings. The molecule has 2 rings (SSSR count). The van der Waals surface area contributed by atoms with Crippen LogP contribution in [0.3, 0.4) is 0 Å². The fourth-order valence-electron chi connectivity index (χ4n) is 1.96. The number of carboxylic acid groups (broad SMARTS) is 1. The van der Waals surface area contributed by atoms with Crippen molar-refractivity contribution in [2.45, 2.75) is 6.54 Å². The molecule has 6 heteroatoms. The van der Waals surface area contributed by atoms with Crippen LogP contribution in [0.25, 0.3) is 11.3 Å². The van der Waals surface area contributed by atoms with E-state index in [4.69, 9.17) is 9.84 Å². The molecule has 0 saturated heterocycles. The molecule has 106 valence electrons. The molecule has 0 saturated carbocycles. The molecule has 2 aromatic rings. The van der Waals surface area contributed by atoms with Crippen molar-refractivity contribution in [2.24, 2.45) is 0 Å². The molecule has 0 radical (unpaired) electrons. The molecule has 0 bridgehead atoms. The Balaban J connectivity index is 2.40. The molecule has 1 aromatic carbocycles. The number of ether oxygens (including phenoxy) is 1. The highest BCUT2D eigenvalue weighted by Gasteiger charge is 2.11. The van der Waals surface area contributed by atoms with Gasteiger partial charge in [-0.2, -0.15) is 5.10 Å². The second-order valence-electron chi connectivity index (χ2n) is 4.78. The maximum absolute atomic E-state index is 10.9. The maximum atomic E-state index is 10.9. The van der Waals surface area contributed by atoms with Crippen molar-refractivity contribution in [1.29, 1.82) is 0 Å². The standard InChI is InChI=1S/C14H17N3O3/c1-17(2)8-9-4-10(6-11(5-9)20-3)12-7-13(14(18)19)16-15-12/h4-7H,8H2,1-3H3,(H,15,16)(H,18,19). The number of carboxylic acids is 1. The average Bonchev–Trinajstić information content (AvgIpc) is 2.87. The highest BCUT2D eigenvalue weighted by atomic mass is 16.5. The van der Waals surface area contributed by atoms with Crippen molar-refractivity contribution in [3.63, 3.8) is 0 Å². The van der Waals surface area contributed by atoms with Crippen molar-refractivity contribution < 1.29 is 14.6 Å². The summed E-state index contributed by atoms with van der Waals surface area (Å²) in [5.41, 5.74) is 2.55. The van der Waals surface area contributed by atoms with Gasteiger partial charge in [0.2, 0.25) is 0 Å². The maximum Gasteiger partial charge on any atom is 0.353 e. The van der Waals surface area contributed by atoms with Gasteiger partial charge in [-0.25, -0.2) is 4.79 Å². The number of nitrogens with zero attached hydrogens (tertiary/aromatic N) is 2. The van der Waals surface area contributed by atoms with E-state index in [0.717, 1.165) is 23.4 Å². The summed E-state index contributed by atoms with van der Waals surface area (Å²) in [4.78, 5) is 12.9. The van der Waals surface area contributed by atoms with E-state index in [2.05, 4.69) is 10.2 Å². The smallest absolute Gasteiger partial charge is 0.353 e. The van der Waals surface area contributed by atoms with Crippen LogP contribution in [0.1, 0.15) is 16.1 Å². The van der Waals surface area contributed by atoms with E-state index in [9.17, 15) is 4.79 Å². The van der Waals surface area contributed by atoms with Gasteiger partial charge in [0.25, 0.3) is 0 Å². The van der Waals surface area contributed by atoms with Crippen molar-refractivity contribution in [1.82, 2.24) is 15.1 Å². The lowest BCUT2D eigenvalue weighted by molar-refractivity contribution is 0.0690. The number of carbonyl (C=O) groups is 1. The lowest BCUT2D eigenvalue weighted by Gasteiger charge is -2.12. The molecule has 6 nitrogen and oxygen atoms in total. The van der Waals surface area contributed by atoms with Gasteiger partial charge >= 0.3 is 5.97 Å². The molecule has 0 aliphatic rings. The Hall–Kier alpha value is -2.34. The largest absolute Gasteiger partial charge is 0.497 e. The summed E-state index contributed by atoms with van der Waals surface area (Å²) in [6.45, 7) is 0.764. The van der Waals surface area contributed by atoms with E-state index in [1.54, 1.807) is 7.11 Å². The van der Waals surface area contributed by atoms with Crippen molar-refractivity contribution in [3.05, 3.63) is 35.5 Å². The van der Waals surface area contributed by atoms with Crippen LogP contribution >= 0.6 is 0 Å². The van der Waals surface area contributed by atoms with Crippen molar-refractivity contribution >= 4 is 5.97 Å². The van der Waals surface area contributed by atoms with Crippen LogP contribution in [-0.2, 0) is 6.54 Å². The minimum atomic E-state index is -1.03. The normalized spacial score (nSPS) is 10.8. The Bertz CT molecular complexity index is 620. The van der Waals surface area contributed by atoms with E-state index in [-0.39, 0.29) is 5.69 Å². The zero-order chi connectivity index (χ0) is 14.7. The molecule has 0 aliphatic heterocycles. The fourth-order valence-corrected chi connectivity index (χ4v) is 1.96. The van der Waals surface area contributed by atoms with Crippen LogP contribution < -0.4 is 4.74 Å². The molecule has 20 heavy (non-hydrogen) atoms. The minimum absolute atomic E-state index is 0.0666. The van der Waals surface area contributed by atoms with E-state index in [1.807, 2.05) is 37.2 Å². The number of methoxy groups -OCH3 is 1. The average molecular weight is 275 g/mol. The van der Waals surface area contributed by atoms with Gasteiger partial charge in [0.15, 0.2) is 0 Å². The first-order valence-corrected chi connectivity index (χ1v) is 6.11. The van der Waals surface area contributed by atoms with E-state index < -0.39 is 5.97 Å². The molecule has 0 aliphatic carbocycles. The Morgan fingerprint density at radius 2 is 2.10 bits per heavy atom. The summed E-state index contributed by atoms with van der Waals surface area (Å²) in [5.74, 6) is -0.306. The summed E-state index contributed by atoms with van der Waals surface area (Å²) >= 11 is 0. The number of hydrogen-bond donors (Lipinski definition) is 2. The third kappa shape index (κ3) is 3.16. The van der Waals surface area contributed by atoms with Crippen LogP contribution in [0.5, 0.6) is 5.75 Å². The lowest BCUT2D eigenvalue weighted by Crippen LogP contribution is -2.10. The number of aromatic amines is 1. The molecule has 0 atom stereocenters. The number of H-pyrrole nitrogens is 1. The lowest BCUT2D eigenvalue weighted by atomic mass is 10.1. The molecule has 0 amide bonds. The Kier molecular flexibility index (Phi) is 4.05. The second kappa shape index (κ2) is 5.75. The minimum Gasteiger partial charge on any atom is -0.497 e. The van der Waals surface area contributed by atoms with Crippen LogP contribution in [0, 0.1) is 0 Å². The molecule has 2 N–H and O–H groups in total. The Morgan fingerprint density at radius 1 is 1.35 bits per heavy atom. The third-order valence-corrected chi connectivity index (χ3v) is 2.80. The fraction of sp³-hybridized carbons (Fsp3) is 0.286. The van der Waals surface area contributed by atoms with E-state index in [1.165, 1.54) is 6.07 Å². The number of aromatic carboxylic acids is 1. The first-order chi connectivity index (χ1) is 9.49. The number of nitrogens with one attached hydrogen (secondary N) is 1. The monoisotopic (exact) mass is 275 g/mol. The van der Waals surface area contributed by atoms with Crippen LogP contribution in [-0.4, -0.2) is 47.4 Å². The Labute approximate surface area is 117 Å². The van der Waals surface area contributed by atoms with Gasteiger partial charge in [0.1, 0.15) is 11.4 Å². The second-order valence-corrected chi connectivity index (χ2v) is 4.78. The molecule has 0 spiro atoms. The van der Waals surface area contributed by atoms with Crippen LogP contribution in [0.4, 0.5) is 0 Å². The summed E-state index contributed by atoms with van der Waals surface area (Å²) in [7, 11) is 5.57.